The Morgan fingerprint density at radius 2 is 1.79 bits per heavy atom. The Balaban J connectivity index is 1.50. The van der Waals surface area contributed by atoms with Gasteiger partial charge in [-0.2, -0.15) is 0 Å². The van der Waals surface area contributed by atoms with Crippen LogP contribution in [-0.2, 0) is 4.74 Å². The Hall–Kier alpha value is -0.560. The molecule has 0 amide bonds. The van der Waals surface area contributed by atoms with Crippen molar-refractivity contribution in [2.24, 2.45) is 46.3 Å². The fourth-order valence-electron chi connectivity index (χ4n) is 7.78. The number of hydrogen-bond acceptors (Lipinski definition) is 1. The number of methoxy groups -OCH3 is 1. The molecule has 0 aliphatic heterocycles. The molecule has 4 aliphatic carbocycles. The minimum Gasteiger partial charge on any atom is -0.377 e. The van der Waals surface area contributed by atoms with E-state index >= 15 is 0 Å². The van der Waals surface area contributed by atoms with Crippen LogP contribution in [0.2, 0.25) is 0 Å². The highest BCUT2D eigenvalue weighted by Gasteiger charge is 2.61. The zero-order chi connectivity index (χ0) is 20.8. The SMILES string of the molecule is COC(/C=C1\CCCC2(C)C1CCC2[C@@H](C)/C=C/C(C)C(C)C)C12CCCC1C2. The second kappa shape index (κ2) is 8.18. The van der Waals surface area contributed by atoms with Crippen LogP contribution in [0.3, 0.4) is 0 Å². The van der Waals surface area contributed by atoms with E-state index in [2.05, 4.69) is 52.8 Å². The van der Waals surface area contributed by atoms with Gasteiger partial charge in [0.25, 0.3) is 0 Å². The van der Waals surface area contributed by atoms with E-state index in [9.17, 15) is 0 Å². The van der Waals surface area contributed by atoms with Crippen molar-refractivity contribution in [1.29, 1.82) is 0 Å². The van der Waals surface area contributed by atoms with Crippen molar-refractivity contribution in [1.82, 2.24) is 0 Å². The third-order valence-corrected chi connectivity index (χ3v) is 10.1. The first kappa shape index (κ1) is 21.7. The Bertz CT molecular complexity index is 645. The highest BCUT2D eigenvalue weighted by Crippen LogP contribution is 2.67. The lowest BCUT2D eigenvalue weighted by Gasteiger charge is -2.44. The summed E-state index contributed by atoms with van der Waals surface area (Å²) >= 11 is 0. The van der Waals surface area contributed by atoms with E-state index in [0.717, 1.165) is 23.7 Å². The minimum absolute atomic E-state index is 0.385. The fourth-order valence-corrected chi connectivity index (χ4v) is 7.78. The zero-order valence-electron chi connectivity index (χ0n) is 20.0. The molecule has 0 aromatic rings. The van der Waals surface area contributed by atoms with E-state index in [1.54, 1.807) is 5.57 Å². The molecular formula is C28H46O. The third-order valence-electron chi connectivity index (χ3n) is 10.1. The average molecular weight is 399 g/mol. The molecule has 4 aliphatic rings. The van der Waals surface area contributed by atoms with E-state index in [1.165, 1.54) is 57.8 Å². The molecule has 29 heavy (non-hydrogen) atoms. The van der Waals surface area contributed by atoms with E-state index in [1.807, 2.05) is 7.11 Å². The smallest absolute Gasteiger partial charge is 0.0813 e. The molecule has 0 aromatic carbocycles. The summed E-state index contributed by atoms with van der Waals surface area (Å²) in [5.74, 6) is 4.72. The first-order valence-corrected chi connectivity index (χ1v) is 12.7. The van der Waals surface area contributed by atoms with Crippen LogP contribution in [0.15, 0.2) is 23.8 Å². The van der Waals surface area contributed by atoms with E-state index in [4.69, 9.17) is 4.74 Å². The summed E-state index contributed by atoms with van der Waals surface area (Å²) in [6.07, 6.45) is 20.7. The molecule has 0 saturated heterocycles. The maximum Gasteiger partial charge on any atom is 0.0813 e. The minimum atomic E-state index is 0.385. The van der Waals surface area contributed by atoms with Gasteiger partial charge in [-0.15, -0.1) is 0 Å². The molecule has 4 saturated carbocycles. The Labute approximate surface area is 180 Å². The topological polar surface area (TPSA) is 9.23 Å². The van der Waals surface area contributed by atoms with Gasteiger partial charge in [0, 0.05) is 12.5 Å². The molecule has 7 unspecified atom stereocenters. The van der Waals surface area contributed by atoms with Gasteiger partial charge in [-0.3, -0.25) is 0 Å². The van der Waals surface area contributed by atoms with Crippen molar-refractivity contribution in [3.63, 3.8) is 0 Å². The van der Waals surface area contributed by atoms with E-state index in [-0.39, 0.29) is 0 Å². The summed E-state index contributed by atoms with van der Waals surface area (Å²) < 4.78 is 6.14. The molecule has 0 N–H and O–H groups in total. The zero-order valence-corrected chi connectivity index (χ0v) is 20.0. The molecule has 0 aromatic heterocycles. The maximum absolute atomic E-state index is 6.14. The van der Waals surface area contributed by atoms with Crippen LogP contribution < -0.4 is 0 Å². The van der Waals surface area contributed by atoms with Crippen molar-refractivity contribution in [3.05, 3.63) is 23.8 Å². The highest BCUT2D eigenvalue weighted by atomic mass is 16.5. The van der Waals surface area contributed by atoms with Crippen molar-refractivity contribution in [2.75, 3.05) is 7.11 Å². The molecule has 0 radical (unpaired) electrons. The monoisotopic (exact) mass is 398 g/mol. The van der Waals surface area contributed by atoms with Crippen LogP contribution in [-0.4, -0.2) is 13.2 Å². The second-order valence-corrected chi connectivity index (χ2v) is 11.9. The Morgan fingerprint density at radius 3 is 2.41 bits per heavy atom. The van der Waals surface area contributed by atoms with Crippen LogP contribution in [0.25, 0.3) is 0 Å². The van der Waals surface area contributed by atoms with Crippen LogP contribution >= 0.6 is 0 Å². The molecule has 1 nitrogen and oxygen atoms in total. The average Bonchev–Trinajstić information content (AvgIpc) is 3.05. The van der Waals surface area contributed by atoms with Crippen LogP contribution in [0, 0.1) is 46.3 Å². The first-order valence-electron chi connectivity index (χ1n) is 12.7. The van der Waals surface area contributed by atoms with Crippen LogP contribution in [0.4, 0.5) is 0 Å². The number of allylic oxidation sites excluding steroid dienone is 3. The van der Waals surface area contributed by atoms with Gasteiger partial charge in [0.1, 0.15) is 0 Å². The Kier molecular flexibility index (Phi) is 6.11. The predicted molar refractivity (Wildman–Crippen MR) is 124 cm³/mol. The summed E-state index contributed by atoms with van der Waals surface area (Å²) in [4.78, 5) is 0. The molecule has 0 bridgehead atoms. The summed E-state index contributed by atoms with van der Waals surface area (Å²) in [6, 6.07) is 0. The van der Waals surface area contributed by atoms with Gasteiger partial charge in [0.05, 0.1) is 6.10 Å². The quantitative estimate of drug-likeness (QED) is 0.397. The summed E-state index contributed by atoms with van der Waals surface area (Å²) in [7, 11) is 1.96. The fraction of sp³-hybridized carbons (Fsp3) is 0.857. The van der Waals surface area contributed by atoms with Crippen molar-refractivity contribution >= 4 is 0 Å². The van der Waals surface area contributed by atoms with E-state index in [0.29, 0.717) is 28.8 Å². The number of fused-ring (bicyclic) bond motifs is 2. The molecule has 4 rings (SSSR count). The molecule has 164 valence electrons. The molecule has 0 spiro atoms. The third kappa shape index (κ3) is 3.79. The maximum atomic E-state index is 6.14. The lowest BCUT2D eigenvalue weighted by atomic mass is 9.61. The lowest BCUT2D eigenvalue weighted by Crippen LogP contribution is -2.36. The summed E-state index contributed by atoms with van der Waals surface area (Å²) in [6.45, 7) is 12.2. The highest BCUT2D eigenvalue weighted by molar-refractivity contribution is 5.25. The van der Waals surface area contributed by atoms with Crippen molar-refractivity contribution in [2.45, 2.75) is 98.5 Å². The molecular weight excluding hydrogens is 352 g/mol. The summed E-state index contributed by atoms with van der Waals surface area (Å²) in [5, 5.41) is 0. The van der Waals surface area contributed by atoms with Gasteiger partial charge in [-0.1, -0.05) is 64.8 Å². The van der Waals surface area contributed by atoms with Crippen LogP contribution in [0.5, 0.6) is 0 Å². The second-order valence-electron chi connectivity index (χ2n) is 11.9. The van der Waals surface area contributed by atoms with Crippen molar-refractivity contribution in [3.8, 4) is 0 Å². The standard InChI is InChI=1S/C28H46O/c1-19(2)20(3)11-12-21(4)24-13-14-25-22(9-7-15-27(24,25)5)17-26(29-6)28-16-8-10-23(28)18-28/h11-12,17,19-21,23-26H,7-10,13-16,18H2,1-6H3/b12-11+,22-17+/t20?,21-,23?,24?,25?,26?,27?,28?/m0/s1. The normalized spacial score (nSPS) is 43.6. The molecule has 1 heteroatoms. The molecule has 0 heterocycles. The van der Waals surface area contributed by atoms with Gasteiger partial charge in [-0.25, -0.2) is 0 Å². The van der Waals surface area contributed by atoms with Crippen molar-refractivity contribution < 1.29 is 4.74 Å². The Morgan fingerprint density at radius 1 is 1.00 bits per heavy atom. The largest absolute Gasteiger partial charge is 0.377 e. The van der Waals surface area contributed by atoms with Gasteiger partial charge in [0.15, 0.2) is 0 Å². The van der Waals surface area contributed by atoms with Gasteiger partial charge in [0.2, 0.25) is 0 Å². The van der Waals surface area contributed by atoms with Gasteiger partial charge >= 0.3 is 0 Å². The predicted octanol–water partition coefficient (Wildman–Crippen LogP) is 7.82. The number of hydrogen-bond donors (Lipinski definition) is 0. The molecule has 8 atom stereocenters. The van der Waals surface area contributed by atoms with Gasteiger partial charge < -0.3 is 4.74 Å². The first-order chi connectivity index (χ1) is 13.8. The number of rotatable bonds is 7. The summed E-state index contributed by atoms with van der Waals surface area (Å²) in [5.41, 5.74) is 2.78. The number of ether oxygens (including phenoxy) is 1. The van der Waals surface area contributed by atoms with Gasteiger partial charge in [-0.05, 0) is 92.3 Å². The van der Waals surface area contributed by atoms with E-state index < -0.39 is 0 Å². The lowest BCUT2D eigenvalue weighted by molar-refractivity contribution is 0.0684. The van der Waals surface area contributed by atoms with Crippen LogP contribution in [0.1, 0.15) is 92.4 Å². The molecule has 4 fully saturated rings.